The van der Waals surface area contributed by atoms with Gasteiger partial charge in [0.2, 0.25) is 0 Å². The summed E-state index contributed by atoms with van der Waals surface area (Å²) in [6.45, 7) is 3.84. The van der Waals surface area contributed by atoms with Gasteiger partial charge in [-0.1, -0.05) is 6.07 Å². The monoisotopic (exact) mass is 277 g/mol. The summed E-state index contributed by atoms with van der Waals surface area (Å²) in [5, 5.41) is 3.70. The van der Waals surface area contributed by atoms with Crippen LogP contribution in [0, 0.1) is 12.7 Å². The van der Waals surface area contributed by atoms with Crippen LogP contribution in [-0.2, 0) is 0 Å². The highest BCUT2D eigenvalue weighted by Crippen LogP contribution is 2.32. The molecule has 1 N–H and O–H groups in total. The summed E-state index contributed by atoms with van der Waals surface area (Å²) in [6.07, 6.45) is 1.71. The summed E-state index contributed by atoms with van der Waals surface area (Å²) in [6, 6.07) is 6.85. The molecule has 2 rings (SSSR count). The van der Waals surface area contributed by atoms with Crippen molar-refractivity contribution in [3.63, 3.8) is 0 Å². The summed E-state index contributed by atoms with van der Waals surface area (Å²) in [5.74, 6) is -0.209. The first-order chi connectivity index (χ1) is 9.11. The number of nitrogens with one attached hydrogen (secondary N) is 1. The summed E-state index contributed by atoms with van der Waals surface area (Å²) in [5.41, 5.74) is 1.55. The second-order valence-corrected chi connectivity index (χ2v) is 5.25. The first kappa shape index (κ1) is 14.0. The lowest BCUT2D eigenvalue weighted by Gasteiger charge is -2.15. The second-order valence-electron chi connectivity index (χ2n) is 4.24. The Morgan fingerprint density at radius 1 is 1.32 bits per heavy atom. The van der Waals surface area contributed by atoms with E-state index in [0.29, 0.717) is 10.7 Å². The van der Waals surface area contributed by atoms with E-state index in [1.165, 1.54) is 17.8 Å². The molecule has 2 aromatic rings. The summed E-state index contributed by atoms with van der Waals surface area (Å²) >= 11 is 1.38. The van der Waals surface area contributed by atoms with Crippen molar-refractivity contribution in [2.24, 2.45) is 0 Å². The second kappa shape index (κ2) is 6.12. The lowest BCUT2D eigenvalue weighted by molar-refractivity contribution is 0.552. The molecule has 1 unspecified atom stereocenters. The average Bonchev–Trinajstić information content (AvgIpc) is 2.38. The van der Waals surface area contributed by atoms with Gasteiger partial charge in [0.05, 0.1) is 0 Å². The number of nitrogens with zero attached hydrogens (tertiary/aromatic N) is 2. The minimum Gasteiger partial charge on any atom is -0.313 e. The lowest BCUT2D eigenvalue weighted by atomic mass is 10.1. The van der Waals surface area contributed by atoms with Gasteiger partial charge in [0.15, 0.2) is 5.16 Å². The van der Waals surface area contributed by atoms with Crippen molar-refractivity contribution < 1.29 is 4.39 Å². The smallest absolute Gasteiger partial charge is 0.192 e. The number of aryl methyl sites for hydroxylation is 1. The van der Waals surface area contributed by atoms with E-state index >= 15 is 0 Å². The molecule has 0 aliphatic rings. The highest BCUT2D eigenvalue weighted by atomic mass is 32.2. The van der Waals surface area contributed by atoms with Crippen LogP contribution < -0.4 is 5.32 Å². The van der Waals surface area contributed by atoms with E-state index in [1.54, 1.807) is 12.3 Å². The van der Waals surface area contributed by atoms with Gasteiger partial charge in [0.25, 0.3) is 0 Å². The average molecular weight is 277 g/mol. The van der Waals surface area contributed by atoms with Crippen molar-refractivity contribution >= 4 is 11.8 Å². The molecule has 0 aliphatic carbocycles. The van der Waals surface area contributed by atoms with Crippen LogP contribution in [0.2, 0.25) is 0 Å². The van der Waals surface area contributed by atoms with Crippen LogP contribution in [0.3, 0.4) is 0 Å². The molecule has 100 valence electrons. The fourth-order valence-corrected chi connectivity index (χ4v) is 2.77. The van der Waals surface area contributed by atoms with E-state index in [0.717, 1.165) is 10.6 Å². The van der Waals surface area contributed by atoms with Gasteiger partial charge in [-0.25, -0.2) is 14.4 Å². The van der Waals surface area contributed by atoms with Crippen LogP contribution in [0.1, 0.15) is 24.2 Å². The molecule has 1 aromatic carbocycles. The predicted molar refractivity (Wildman–Crippen MR) is 74.8 cm³/mol. The topological polar surface area (TPSA) is 37.8 Å². The Kier molecular flexibility index (Phi) is 4.50. The molecule has 0 radical (unpaired) electrons. The third-order valence-corrected chi connectivity index (χ3v) is 3.81. The number of benzene rings is 1. The Hall–Kier alpha value is -1.46. The molecular formula is C14H16FN3S. The molecule has 0 spiro atoms. The Morgan fingerprint density at radius 3 is 2.79 bits per heavy atom. The number of halogens is 1. The minimum atomic E-state index is -0.209. The van der Waals surface area contributed by atoms with Crippen molar-refractivity contribution in [1.82, 2.24) is 15.3 Å². The first-order valence-electron chi connectivity index (χ1n) is 6.05. The first-order valence-corrected chi connectivity index (χ1v) is 6.86. The van der Waals surface area contributed by atoms with Gasteiger partial charge in [-0.05, 0) is 50.9 Å². The number of aromatic nitrogens is 2. The van der Waals surface area contributed by atoms with Gasteiger partial charge in [-0.2, -0.15) is 0 Å². The molecule has 0 fully saturated rings. The maximum Gasteiger partial charge on any atom is 0.192 e. The van der Waals surface area contributed by atoms with Crippen LogP contribution in [0.5, 0.6) is 0 Å². The summed E-state index contributed by atoms with van der Waals surface area (Å²) < 4.78 is 14.0. The lowest BCUT2D eigenvalue weighted by Crippen LogP contribution is -2.15. The zero-order valence-corrected chi connectivity index (χ0v) is 12.0. The molecule has 0 amide bonds. The molecule has 1 heterocycles. The fraction of sp³-hybridized carbons (Fsp3) is 0.286. The van der Waals surface area contributed by atoms with E-state index in [4.69, 9.17) is 0 Å². The normalized spacial score (nSPS) is 12.4. The number of rotatable bonds is 4. The van der Waals surface area contributed by atoms with Gasteiger partial charge in [0.1, 0.15) is 5.82 Å². The standard InChI is InChI=1S/C14H16FN3S/c1-9-7-8-17-14(18-9)19-12-6-4-5-11(15)13(12)10(2)16-3/h4-8,10,16H,1-3H3. The molecule has 1 aromatic heterocycles. The van der Waals surface area contributed by atoms with Crippen molar-refractivity contribution in [3.05, 3.63) is 47.5 Å². The van der Waals surface area contributed by atoms with Crippen molar-refractivity contribution in [2.45, 2.75) is 29.9 Å². The van der Waals surface area contributed by atoms with Gasteiger partial charge in [0, 0.05) is 28.4 Å². The maximum atomic E-state index is 14.0. The van der Waals surface area contributed by atoms with E-state index in [9.17, 15) is 4.39 Å². The highest BCUT2D eigenvalue weighted by Gasteiger charge is 2.15. The Balaban J connectivity index is 2.37. The summed E-state index contributed by atoms with van der Waals surface area (Å²) in [7, 11) is 1.81. The molecule has 3 nitrogen and oxygen atoms in total. The third kappa shape index (κ3) is 3.30. The molecule has 1 atom stereocenters. The third-order valence-electron chi connectivity index (χ3n) is 2.85. The van der Waals surface area contributed by atoms with E-state index < -0.39 is 0 Å². The zero-order chi connectivity index (χ0) is 13.8. The van der Waals surface area contributed by atoms with Crippen LogP contribution >= 0.6 is 11.8 Å². The zero-order valence-electron chi connectivity index (χ0n) is 11.1. The van der Waals surface area contributed by atoms with Crippen LogP contribution in [-0.4, -0.2) is 17.0 Å². The Morgan fingerprint density at radius 2 is 2.11 bits per heavy atom. The van der Waals surface area contributed by atoms with Crippen molar-refractivity contribution in [3.8, 4) is 0 Å². The van der Waals surface area contributed by atoms with Gasteiger partial charge >= 0.3 is 0 Å². The summed E-state index contributed by atoms with van der Waals surface area (Å²) in [4.78, 5) is 9.37. The SMILES string of the molecule is CNC(C)c1c(F)cccc1Sc1nccc(C)n1. The number of hydrogen-bond donors (Lipinski definition) is 1. The van der Waals surface area contributed by atoms with Crippen LogP contribution in [0.4, 0.5) is 4.39 Å². The van der Waals surface area contributed by atoms with E-state index in [2.05, 4.69) is 15.3 Å². The van der Waals surface area contributed by atoms with Crippen LogP contribution in [0.25, 0.3) is 0 Å². The predicted octanol–water partition coefficient (Wildman–Crippen LogP) is 3.36. The molecule has 0 bridgehead atoms. The largest absolute Gasteiger partial charge is 0.313 e. The van der Waals surface area contributed by atoms with Gasteiger partial charge in [-0.15, -0.1) is 0 Å². The molecule has 19 heavy (non-hydrogen) atoms. The number of hydrogen-bond acceptors (Lipinski definition) is 4. The Bertz CT molecular complexity index is 574. The van der Waals surface area contributed by atoms with E-state index in [-0.39, 0.29) is 11.9 Å². The molecule has 0 saturated carbocycles. The maximum absolute atomic E-state index is 14.0. The molecule has 0 aliphatic heterocycles. The van der Waals surface area contributed by atoms with Crippen LogP contribution in [0.15, 0.2) is 40.5 Å². The molecule has 5 heteroatoms. The minimum absolute atomic E-state index is 0.0616. The Labute approximate surface area is 116 Å². The fourth-order valence-electron chi connectivity index (χ4n) is 1.74. The molecule has 0 saturated heterocycles. The highest BCUT2D eigenvalue weighted by molar-refractivity contribution is 7.99. The van der Waals surface area contributed by atoms with Crippen molar-refractivity contribution in [1.29, 1.82) is 0 Å². The van der Waals surface area contributed by atoms with Crippen molar-refractivity contribution in [2.75, 3.05) is 7.05 Å². The quantitative estimate of drug-likeness (QED) is 0.870. The molecular weight excluding hydrogens is 261 g/mol. The van der Waals surface area contributed by atoms with Gasteiger partial charge < -0.3 is 5.32 Å². The van der Waals surface area contributed by atoms with E-state index in [1.807, 2.05) is 33.0 Å². The van der Waals surface area contributed by atoms with Gasteiger partial charge in [-0.3, -0.25) is 0 Å².